The Bertz CT molecular complexity index is 765. The minimum atomic E-state index is -0.0836. The average molecular weight is 374 g/mol. The molecule has 0 bridgehead atoms. The van der Waals surface area contributed by atoms with E-state index in [2.05, 4.69) is 46.2 Å². The van der Waals surface area contributed by atoms with Crippen LogP contribution in [-0.2, 0) is 0 Å². The normalized spacial score (nSPS) is 17.5. The number of amides is 2. The number of anilines is 2. The fourth-order valence-electron chi connectivity index (χ4n) is 3.12. The van der Waals surface area contributed by atoms with Gasteiger partial charge >= 0.3 is 6.03 Å². The number of carbonyl (C=O) groups excluding carboxylic acids is 1. The summed E-state index contributed by atoms with van der Waals surface area (Å²) in [6.07, 6.45) is 3.20. The molecule has 1 N–H and O–H groups in total. The number of nitrogens with zero attached hydrogens (tertiary/aromatic N) is 4. The van der Waals surface area contributed by atoms with Crippen LogP contribution in [0.5, 0.6) is 0 Å². The highest BCUT2D eigenvalue weighted by molar-refractivity contribution is 6.31. The van der Waals surface area contributed by atoms with Gasteiger partial charge in [-0.15, -0.1) is 0 Å². The lowest BCUT2D eigenvalue weighted by molar-refractivity contribution is 0.184. The molecular formula is C19H24ClN5O. The highest BCUT2D eigenvalue weighted by Crippen LogP contribution is 2.23. The Hall–Kier alpha value is -2.34. The number of nitrogens with one attached hydrogen (secondary N) is 1. The molecule has 0 spiro atoms. The molecule has 26 heavy (non-hydrogen) atoms. The smallest absolute Gasteiger partial charge is 0.322 e. The van der Waals surface area contributed by atoms with E-state index in [1.807, 2.05) is 24.0 Å². The van der Waals surface area contributed by atoms with E-state index in [0.717, 1.165) is 5.69 Å². The fourth-order valence-corrected chi connectivity index (χ4v) is 3.35. The zero-order valence-electron chi connectivity index (χ0n) is 15.3. The lowest BCUT2D eigenvalue weighted by Crippen LogP contribution is -2.55. The summed E-state index contributed by atoms with van der Waals surface area (Å²) in [4.78, 5) is 25.0. The molecule has 0 aliphatic carbocycles. The molecule has 1 aliphatic rings. The van der Waals surface area contributed by atoms with Crippen LogP contribution in [0.25, 0.3) is 0 Å². The molecule has 1 aliphatic heterocycles. The van der Waals surface area contributed by atoms with Gasteiger partial charge in [-0.2, -0.15) is 0 Å². The summed E-state index contributed by atoms with van der Waals surface area (Å²) in [7, 11) is 0. The minimum absolute atomic E-state index is 0.0387. The van der Waals surface area contributed by atoms with Crippen molar-refractivity contribution < 1.29 is 4.79 Å². The molecule has 2 aromatic rings. The first-order valence-electron chi connectivity index (χ1n) is 8.84. The first kappa shape index (κ1) is 18.5. The second kappa shape index (κ2) is 7.91. The Morgan fingerprint density at radius 3 is 2.50 bits per heavy atom. The van der Waals surface area contributed by atoms with E-state index in [-0.39, 0.29) is 12.1 Å². The molecule has 3 rings (SSSR count). The molecule has 0 saturated carbocycles. The Kier molecular flexibility index (Phi) is 5.61. The Balaban J connectivity index is 1.62. The number of benzene rings is 1. The van der Waals surface area contributed by atoms with Crippen LogP contribution in [0.15, 0.2) is 36.7 Å². The van der Waals surface area contributed by atoms with Crippen LogP contribution in [0.3, 0.4) is 0 Å². The van der Waals surface area contributed by atoms with Crippen LogP contribution in [0, 0.1) is 0 Å². The van der Waals surface area contributed by atoms with Crippen LogP contribution in [0.4, 0.5) is 16.3 Å². The predicted molar refractivity (Wildman–Crippen MR) is 105 cm³/mol. The van der Waals surface area contributed by atoms with Gasteiger partial charge in [0.05, 0.1) is 0 Å². The molecule has 6 nitrogen and oxygen atoms in total. The summed E-state index contributed by atoms with van der Waals surface area (Å²) in [6, 6.07) is 7.97. The largest absolute Gasteiger partial charge is 0.350 e. The fraction of sp³-hybridized carbons (Fsp3) is 0.421. The van der Waals surface area contributed by atoms with Crippen molar-refractivity contribution in [3.8, 4) is 0 Å². The number of halogens is 1. The van der Waals surface area contributed by atoms with E-state index < -0.39 is 0 Å². The van der Waals surface area contributed by atoms with E-state index in [1.165, 1.54) is 5.56 Å². The molecule has 1 saturated heterocycles. The van der Waals surface area contributed by atoms with Crippen molar-refractivity contribution in [2.45, 2.75) is 32.7 Å². The predicted octanol–water partition coefficient (Wildman–Crippen LogP) is 4.00. The lowest BCUT2D eigenvalue weighted by Gasteiger charge is -2.40. The zero-order chi connectivity index (χ0) is 18.7. The molecule has 2 amide bonds. The number of hydrogen-bond acceptors (Lipinski definition) is 4. The summed E-state index contributed by atoms with van der Waals surface area (Å²) < 4.78 is 0. The van der Waals surface area contributed by atoms with Gasteiger partial charge in [-0.25, -0.2) is 14.8 Å². The molecule has 0 radical (unpaired) electrons. The van der Waals surface area contributed by atoms with Gasteiger partial charge < -0.3 is 15.1 Å². The molecule has 1 aromatic heterocycles. The van der Waals surface area contributed by atoms with Gasteiger partial charge in [0.2, 0.25) is 0 Å². The van der Waals surface area contributed by atoms with Crippen molar-refractivity contribution in [3.05, 3.63) is 47.4 Å². The molecule has 2 heterocycles. The molecule has 1 atom stereocenters. The van der Waals surface area contributed by atoms with Gasteiger partial charge in [-0.1, -0.05) is 37.6 Å². The second-order valence-electron chi connectivity index (χ2n) is 6.87. The number of carbonyl (C=O) groups is 1. The second-order valence-corrected chi connectivity index (χ2v) is 7.22. The van der Waals surface area contributed by atoms with Crippen LogP contribution in [0.1, 0.15) is 32.3 Å². The summed E-state index contributed by atoms with van der Waals surface area (Å²) in [6.45, 7) is 8.26. The van der Waals surface area contributed by atoms with Crippen molar-refractivity contribution in [3.63, 3.8) is 0 Å². The van der Waals surface area contributed by atoms with Gasteiger partial charge in [0, 0.05) is 43.8 Å². The Morgan fingerprint density at radius 2 is 1.88 bits per heavy atom. The number of urea groups is 1. The Morgan fingerprint density at radius 1 is 1.19 bits per heavy atom. The quantitative estimate of drug-likeness (QED) is 0.883. The van der Waals surface area contributed by atoms with Gasteiger partial charge in [0.15, 0.2) is 11.0 Å². The van der Waals surface area contributed by atoms with E-state index >= 15 is 0 Å². The number of piperazine rings is 1. The third-order valence-electron chi connectivity index (χ3n) is 4.65. The lowest BCUT2D eigenvalue weighted by atomic mass is 10.0. The van der Waals surface area contributed by atoms with E-state index in [9.17, 15) is 4.79 Å². The zero-order valence-corrected chi connectivity index (χ0v) is 16.1. The molecule has 7 heteroatoms. The molecule has 138 valence electrons. The standard InChI is InChI=1S/C19H24ClN5O/c1-13(2)15-4-6-16(7-5-15)23-19(26)25-11-10-24(12-14(25)3)18-17(20)21-8-9-22-18/h4-9,13-14H,10-12H2,1-3H3,(H,23,26)/t14-/m1/s1. The van der Waals surface area contributed by atoms with Crippen molar-refractivity contribution >= 4 is 29.1 Å². The van der Waals surface area contributed by atoms with Gasteiger partial charge in [-0.3, -0.25) is 0 Å². The number of hydrogen-bond donors (Lipinski definition) is 1. The maximum absolute atomic E-state index is 12.6. The van der Waals surface area contributed by atoms with Gasteiger partial charge in [-0.05, 0) is 30.5 Å². The van der Waals surface area contributed by atoms with E-state index in [1.54, 1.807) is 12.4 Å². The van der Waals surface area contributed by atoms with E-state index in [0.29, 0.717) is 36.5 Å². The third kappa shape index (κ3) is 4.07. The monoisotopic (exact) mass is 373 g/mol. The topological polar surface area (TPSA) is 61.4 Å². The van der Waals surface area contributed by atoms with Crippen molar-refractivity contribution in [1.82, 2.24) is 14.9 Å². The van der Waals surface area contributed by atoms with Crippen LogP contribution >= 0.6 is 11.6 Å². The summed E-state index contributed by atoms with van der Waals surface area (Å²) in [5.74, 6) is 1.14. The first-order valence-corrected chi connectivity index (χ1v) is 9.22. The van der Waals surface area contributed by atoms with Crippen LogP contribution in [0.2, 0.25) is 5.15 Å². The first-order chi connectivity index (χ1) is 12.5. The van der Waals surface area contributed by atoms with Crippen molar-refractivity contribution in [2.75, 3.05) is 29.9 Å². The maximum atomic E-state index is 12.6. The molecular weight excluding hydrogens is 350 g/mol. The number of aromatic nitrogens is 2. The van der Waals surface area contributed by atoms with Crippen molar-refractivity contribution in [2.24, 2.45) is 0 Å². The highest BCUT2D eigenvalue weighted by atomic mass is 35.5. The minimum Gasteiger partial charge on any atom is -0.350 e. The molecule has 1 fully saturated rings. The third-order valence-corrected chi connectivity index (χ3v) is 4.92. The maximum Gasteiger partial charge on any atom is 0.322 e. The summed E-state index contributed by atoms with van der Waals surface area (Å²) in [5, 5.41) is 3.38. The Labute approximate surface area is 159 Å². The SMILES string of the molecule is CC(C)c1ccc(NC(=O)N2CCN(c3nccnc3Cl)C[C@H]2C)cc1. The van der Waals surface area contributed by atoms with Gasteiger partial charge in [0.1, 0.15) is 0 Å². The highest BCUT2D eigenvalue weighted by Gasteiger charge is 2.29. The summed E-state index contributed by atoms with van der Waals surface area (Å²) in [5.41, 5.74) is 2.07. The van der Waals surface area contributed by atoms with Crippen molar-refractivity contribution in [1.29, 1.82) is 0 Å². The van der Waals surface area contributed by atoms with E-state index in [4.69, 9.17) is 11.6 Å². The van der Waals surface area contributed by atoms with Crippen LogP contribution in [-0.4, -0.2) is 46.6 Å². The molecule has 0 unspecified atom stereocenters. The number of rotatable bonds is 3. The average Bonchev–Trinajstić information content (AvgIpc) is 2.62. The molecule has 1 aromatic carbocycles. The summed E-state index contributed by atoms with van der Waals surface area (Å²) >= 11 is 6.14. The van der Waals surface area contributed by atoms with Gasteiger partial charge in [0.25, 0.3) is 0 Å². The van der Waals surface area contributed by atoms with Crippen LogP contribution < -0.4 is 10.2 Å².